The molecular formula is C15H19NS2. The van der Waals surface area contributed by atoms with Gasteiger partial charge in [-0.2, -0.15) is 0 Å². The van der Waals surface area contributed by atoms with Crippen molar-refractivity contribution in [1.29, 1.82) is 0 Å². The fourth-order valence-electron chi connectivity index (χ4n) is 1.69. The van der Waals surface area contributed by atoms with Crippen molar-refractivity contribution in [2.24, 2.45) is 0 Å². The van der Waals surface area contributed by atoms with Crippen LogP contribution in [0.5, 0.6) is 0 Å². The van der Waals surface area contributed by atoms with Crippen molar-refractivity contribution in [3.05, 3.63) is 46.8 Å². The smallest absolute Gasteiger partial charge is 0.0646 e. The summed E-state index contributed by atoms with van der Waals surface area (Å²) < 4.78 is 1.35. The van der Waals surface area contributed by atoms with Gasteiger partial charge in [-0.3, -0.25) is 0 Å². The first-order chi connectivity index (χ1) is 8.65. The predicted octanol–water partition coefficient (Wildman–Crippen LogP) is 4.71. The summed E-state index contributed by atoms with van der Waals surface area (Å²) in [6.45, 7) is 7.45. The van der Waals surface area contributed by atoms with Gasteiger partial charge in [-0.1, -0.05) is 49.4 Å². The van der Waals surface area contributed by atoms with Gasteiger partial charge in [0.05, 0.1) is 4.21 Å². The van der Waals surface area contributed by atoms with Gasteiger partial charge in [0.15, 0.2) is 0 Å². The molecule has 96 valence electrons. The van der Waals surface area contributed by atoms with Crippen LogP contribution in [0.25, 0.3) is 0 Å². The van der Waals surface area contributed by atoms with Crippen LogP contribution in [0, 0.1) is 6.92 Å². The van der Waals surface area contributed by atoms with Crippen LogP contribution in [0.2, 0.25) is 0 Å². The summed E-state index contributed by atoms with van der Waals surface area (Å²) in [6, 6.07) is 11.5. The van der Waals surface area contributed by atoms with Gasteiger partial charge < -0.3 is 5.32 Å². The van der Waals surface area contributed by atoms with Gasteiger partial charge in [-0.25, -0.2) is 0 Å². The second kappa shape index (κ2) is 6.41. The van der Waals surface area contributed by atoms with Crippen LogP contribution in [0.3, 0.4) is 0 Å². The fraction of sp³-hybridized carbons (Fsp3) is 0.333. The molecule has 0 saturated heterocycles. The summed E-state index contributed by atoms with van der Waals surface area (Å²) in [7, 11) is 0. The molecular weight excluding hydrogens is 258 g/mol. The lowest BCUT2D eigenvalue weighted by Crippen LogP contribution is -2.22. The number of hydrogen-bond acceptors (Lipinski definition) is 3. The van der Waals surface area contributed by atoms with Crippen LogP contribution in [-0.4, -0.2) is 6.04 Å². The van der Waals surface area contributed by atoms with Gasteiger partial charge in [-0.05, 0) is 30.0 Å². The number of aryl methyl sites for hydroxylation is 1. The number of nitrogens with one attached hydrogen (secondary N) is 1. The minimum atomic E-state index is 0.519. The zero-order valence-corrected chi connectivity index (χ0v) is 12.7. The molecule has 1 heterocycles. The second-order valence-corrected chi connectivity index (χ2v) is 6.97. The Morgan fingerprint density at radius 2 is 2.11 bits per heavy atom. The van der Waals surface area contributed by atoms with E-state index in [2.05, 4.69) is 61.8 Å². The number of hydrogen-bond donors (Lipinski definition) is 1. The largest absolute Gasteiger partial charge is 0.310 e. The lowest BCUT2D eigenvalue weighted by molar-refractivity contribution is 0.584. The van der Waals surface area contributed by atoms with Crippen LogP contribution in [0.15, 0.2) is 44.8 Å². The van der Waals surface area contributed by atoms with Crippen molar-refractivity contribution < 1.29 is 0 Å². The summed E-state index contributed by atoms with van der Waals surface area (Å²) in [5, 5.41) is 5.63. The first-order valence-electron chi connectivity index (χ1n) is 6.19. The van der Waals surface area contributed by atoms with E-state index >= 15 is 0 Å². The molecule has 0 amide bonds. The van der Waals surface area contributed by atoms with Crippen molar-refractivity contribution in [1.82, 2.24) is 5.32 Å². The van der Waals surface area contributed by atoms with E-state index in [0.717, 1.165) is 6.54 Å². The minimum absolute atomic E-state index is 0.519. The normalized spacial score (nSPS) is 11.1. The Morgan fingerprint density at radius 1 is 1.28 bits per heavy atom. The van der Waals surface area contributed by atoms with E-state index in [4.69, 9.17) is 0 Å². The first kappa shape index (κ1) is 13.7. The Balaban J connectivity index is 2.17. The molecule has 2 aromatic rings. The van der Waals surface area contributed by atoms with Crippen molar-refractivity contribution in [2.45, 2.75) is 42.5 Å². The Kier molecular flexibility index (Phi) is 4.87. The topological polar surface area (TPSA) is 12.0 Å². The quantitative estimate of drug-likeness (QED) is 0.849. The second-order valence-electron chi connectivity index (χ2n) is 4.68. The SMILES string of the molecule is Cc1ccc(Sc2cccs2)c(CNC(C)C)c1. The molecule has 1 N–H and O–H groups in total. The van der Waals surface area contributed by atoms with Gasteiger partial charge in [0.25, 0.3) is 0 Å². The van der Waals surface area contributed by atoms with E-state index in [1.807, 2.05) is 11.8 Å². The van der Waals surface area contributed by atoms with Gasteiger partial charge in [-0.15, -0.1) is 11.3 Å². The number of benzene rings is 1. The zero-order valence-electron chi connectivity index (χ0n) is 11.1. The van der Waals surface area contributed by atoms with Gasteiger partial charge in [0.1, 0.15) is 0 Å². The molecule has 0 bridgehead atoms. The maximum Gasteiger partial charge on any atom is 0.0646 e. The Morgan fingerprint density at radius 3 is 2.78 bits per heavy atom. The Bertz CT molecular complexity index is 489. The Hall–Kier alpha value is -0.770. The van der Waals surface area contributed by atoms with E-state index in [1.54, 1.807) is 11.3 Å². The molecule has 0 radical (unpaired) electrons. The predicted molar refractivity (Wildman–Crippen MR) is 81.6 cm³/mol. The van der Waals surface area contributed by atoms with Gasteiger partial charge in [0, 0.05) is 17.5 Å². The maximum atomic E-state index is 3.50. The summed E-state index contributed by atoms with van der Waals surface area (Å²) in [4.78, 5) is 1.36. The molecule has 0 spiro atoms. The van der Waals surface area contributed by atoms with Crippen LogP contribution in [0.4, 0.5) is 0 Å². The highest BCUT2D eigenvalue weighted by molar-refractivity contribution is 8.01. The third kappa shape index (κ3) is 3.87. The highest BCUT2D eigenvalue weighted by Gasteiger charge is 2.06. The Labute approximate surface area is 118 Å². The van der Waals surface area contributed by atoms with E-state index in [-0.39, 0.29) is 0 Å². The molecule has 1 aromatic carbocycles. The molecule has 2 rings (SSSR count). The van der Waals surface area contributed by atoms with Crippen molar-refractivity contribution >= 4 is 23.1 Å². The van der Waals surface area contributed by atoms with Crippen molar-refractivity contribution in [3.8, 4) is 0 Å². The summed E-state index contributed by atoms with van der Waals surface area (Å²) in [5.74, 6) is 0. The molecule has 0 unspecified atom stereocenters. The number of rotatable bonds is 5. The van der Waals surface area contributed by atoms with Crippen molar-refractivity contribution in [3.63, 3.8) is 0 Å². The highest BCUT2D eigenvalue weighted by Crippen LogP contribution is 2.33. The molecule has 0 aliphatic heterocycles. The summed E-state index contributed by atoms with van der Waals surface area (Å²) >= 11 is 3.66. The zero-order chi connectivity index (χ0) is 13.0. The van der Waals surface area contributed by atoms with Crippen molar-refractivity contribution in [2.75, 3.05) is 0 Å². The average molecular weight is 277 g/mol. The summed E-state index contributed by atoms with van der Waals surface area (Å²) in [6.07, 6.45) is 0. The van der Waals surface area contributed by atoms with E-state index in [1.165, 1.54) is 20.2 Å². The lowest BCUT2D eigenvalue weighted by atomic mass is 10.1. The third-order valence-corrected chi connectivity index (χ3v) is 4.78. The molecule has 0 saturated carbocycles. The van der Waals surface area contributed by atoms with E-state index < -0.39 is 0 Å². The molecule has 0 fully saturated rings. The van der Waals surface area contributed by atoms with Crippen LogP contribution < -0.4 is 5.32 Å². The molecule has 3 heteroatoms. The summed E-state index contributed by atoms with van der Waals surface area (Å²) in [5.41, 5.74) is 2.72. The molecule has 1 aromatic heterocycles. The standard InChI is InChI=1S/C15H19NS2/c1-11(2)16-10-13-9-12(3)6-7-14(13)18-15-5-4-8-17-15/h4-9,11,16H,10H2,1-3H3. The first-order valence-corrected chi connectivity index (χ1v) is 7.89. The molecule has 18 heavy (non-hydrogen) atoms. The molecule has 0 atom stereocenters. The molecule has 1 nitrogen and oxygen atoms in total. The van der Waals surface area contributed by atoms with E-state index in [0.29, 0.717) is 6.04 Å². The van der Waals surface area contributed by atoms with Gasteiger partial charge >= 0.3 is 0 Å². The number of thiophene rings is 1. The average Bonchev–Trinajstić information content (AvgIpc) is 2.82. The minimum Gasteiger partial charge on any atom is -0.310 e. The molecule has 0 aliphatic carbocycles. The van der Waals surface area contributed by atoms with Crippen LogP contribution in [0.1, 0.15) is 25.0 Å². The van der Waals surface area contributed by atoms with Crippen LogP contribution in [-0.2, 0) is 6.54 Å². The lowest BCUT2D eigenvalue weighted by Gasteiger charge is -2.12. The van der Waals surface area contributed by atoms with E-state index in [9.17, 15) is 0 Å². The maximum absolute atomic E-state index is 3.50. The fourth-order valence-corrected chi connectivity index (χ4v) is 3.53. The monoisotopic (exact) mass is 277 g/mol. The van der Waals surface area contributed by atoms with Crippen LogP contribution >= 0.6 is 23.1 Å². The van der Waals surface area contributed by atoms with Gasteiger partial charge in [0.2, 0.25) is 0 Å². The highest BCUT2D eigenvalue weighted by atomic mass is 32.2. The third-order valence-electron chi connectivity index (χ3n) is 2.62. The molecule has 0 aliphatic rings.